The van der Waals surface area contributed by atoms with Crippen LogP contribution in [0.3, 0.4) is 0 Å². The Hall–Kier alpha value is -1.55. The molecule has 1 aliphatic carbocycles. The highest BCUT2D eigenvalue weighted by Gasteiger charge is 2.32. The van der Waals surface area contributed by atoms with Crippen LogP contribution in [0.4, 0.5) is 5.13 Å². The quantitative estimate of drug-likeness (QED) is 0.538. The van der Waals surface area contributed by atoms with Gasteiger partial charge < -0.3 is 15.0 Å². The van der Waals surface area contributed by atoms with E-state index in [4.69, 9.17) is 9.72 Å². The van der Waals surface area contributed by atoms with Gasteiger partial charge in [0.25, 0.3) is 0 Å². The summed E-state index contributed by atoms with van der Waals surface area (Å²) >= 11 is 3.51. The van der Waals surface area contributed by atoms with Crippen LogP contribution in [0.2, 0.25) is 0 Å². The van der Waals surface area contributed by atoms with Gasteiger partial charge in [0.1, 0.15) is 0 Å². The number of carbonyl (C=O) groups is 1. The second-order valence-corrected chi connectivity index (χ2v) is 13.1. The summed E-state index contributed by atoms with van der Waals surface area (Å²) in [5.74, 6) is 0.920. The third-order valence-corrected chi connectivity index (χ3v) is 9.58. The summed E-state index contributed by atoms with van der Waals surface area (Å²) < 4.78 is 5.90. The fraction of sp³-hybridized carbons (Fsp3) is 0.731. The van der Waals surface area contributed by atoms with Gasteiger partial charge >= 0.3 is 0 Å². The zero-order valence-corrected chi connectivity index (χ0v) is 22.9. The van der Waals surface area contributed by atoms with Crippen molar-refractivity contribution in [2.24, 2.45) is 5.92 Å². The van der Waals surface area contributed by atoms with Gasteiger partial charge in [-0.1, -0.05) is 0 Å². The molecule has 2 aliphatic heterocycles. The van der Waals surface area contributed by atoms with Crippen LogP contribution in [0.1, 0.15) is 66.4 Å². The number of fused-ring (bicyclic) bond motifs is 1. The van der Waals surface area contributed by atoms with Crippen LogP contribution in [0.5, 0.6) is 0 Å². The molecule has 0 bridgehead atoms. The van der Waals surface area contributed by atoms with Gasteiger partial charge in [0.05, 0.1) is 29.3 Å². The molecule has 3 aliphatic rings. The maximum Gasteiger partial charge on any atom is 0.225 e. The number of carbonyl (C=O) groups excluding carboxylic acids is 1. The van der Waals surface area contributed by atoms with E-state index in [0.717, 1.165) is 67.8 Å². The molecular formula is C26H39N5O2S2. The van der Waals surface area contributed by atoms with E-state index in [1.807, 2.05) is 24.5 Å². The minimum atomic E-state index is 0.144. The second-order valence-electron chi connectivity index (χ2n) is 10.7. The van der Waals surface area contributed by atoms with Crippen molar-refractivity contribution in [2.45, 2.75) is 90.5 Å². The lowest BCUT2D eigenvalue weighted by molar-refractivity contribution is -0.121. The van der Waals surface area contributed by atoms with E-state index in [2.05, 4.69) is 33.9 Å². The lowest BCUT2D eigenvalue weighted by Gasteiger charge is -2.39. The highest BCUT2D eigenvalue weighted by molar-refractivity contribution is 7.15. The Morgan fingerprint density at radius 3 is 2.74 bits per heavy atom. The van der Waals surface area contributed by atoms with E-state index < -0.39 is 0 Å². The summed E-state index contributed by atoms with van der Waals surface area (Å²) in [6.07, 6.45) is 9.99. The van der Waals surface area contributed by atoms with Gasteiger partial charge in [-0.15, -0.1) is 22.7 Å². The Labute approximate surface area is 217 Å². The smallest absolute Gasteiger partial charge is 0.225 e. The van der Waals surface area contributed by atoms with Crippen LogP contribution in [0, 0.1) is 12.8 Å². The molecule has 4 heterocycles. The Bertz CT molecular complexity index is 992. The van der Waals surface area contributed by atoms with Crippen LogP contribution in [-0.2, 0) is 28.9 Å². The molecule has 2 aromatic heterocycles. The Morgan fingerprint density at radius 1 is 1.23 bits per heavy atom. The predicted molar refractivity (Wildman–Crippen MR) is 142 cm³/mol. The SMILES string of the molecule is Cc1ncc(CC(=O)N[C@H]2CC[C@H](CCN3CCc4sc(N5CC(OC(C)C)C5)nc4C3)CC2)s1. The molecule has 9 heteroatoms. The minimum absolute atomic E-state index is 0.144. The Balaban J connectivity index is 1.00. The highest BCUT2D eigenvalue weighted by Crippen LogP contribution is 2.34. The minimum Gasteiger partial charge on any atom is -0.372 e. The molecule has 7 nitrogen and oxygen atoms in total. The van der Waals surface area contributed by atoms with Crippen molar-refractivity contribution in [2.75, 3.05) is 31.1 Å². The molecule has 2 fully saturated rings. The zero-order valence-electron chi connectivity index (χ0n) is 21.3. The molecule has 0 aromatic carbocycles. The van der Waals surface area contributed by atoms with Crippen molar-refractivity contribution in [1.82, 2.24) is 20.2 Å². The topological polar surface area (TPSA) is 70.6 Å². The van der Waals surface area contributed by atoms with E-state index >= 15 is 0 Å². The van der Waals surface area contributed by atoms with Crippen molar-refractivity contribution in [3.8, 4) is 0 Å². The molecule has 1 saturated heterocycles. The van der Waals surface area contributed by atoms with Crippen molar-refractivity contribution in [1.29, 1.82) is 0 Å². The van der Waals surface area contributed by atoms with Crippen LogP contribution >= 0.6 is 22.7 Å². The van der Waals surface area contributed by atoms with Gasteiger partial charge in [0.2, 0.25) is 5.91 Å². The lowest BCUT2D eigenvalue weighted by atomic mass is 9.84. The molecule has 1 amide bonds. The molecule has 192 valence electrons. The first-order valence-corrected chi connectivity index (χ1v) is 14.9. The lowest BCUT2D eigenvalue weighted by Crippen LogP contribution is -2.53. The molecule has 5 rings (SSSR count). The number of anilines is 1. The summed E-state index contributed by atoms with van der Waals surface area (Å²) in [6.45, 7) is 11.4. The first-order chi connectivity index (χ1) is 16.9. The van der Waals surface area contributed by atoms with Crippen molar-refractivity contribution < 1.29 is 9.53 Å². The normalized spacial score (nSPS) is 23.4. The monoisotopic (exact) mass is 517 g/mol. The molecule has 2 aromatic rings. The average Bonchev–Trinajstić information content (AvgIpc) is 3.40. The molecule has 1 saturated carbocycles. The standard InChI is InChI=1S/C26H39N5O2S2/c1-17(2)33-21-14-31(15-21)26-29-23-16-30(11-9-24(23)35-26)10-8-19-4-6-20(7-5-19)28-25(32)12-22-13-27-18(3)34-22/h13,17,19-21H,4-12,14-16H2,1-3H3,(H,28,32)/t19-,20-. The molecule has 35 heavy (non-hydrogen) atoms. The number of rotatable bonds is 9. The molecule has 0 radical (unpaired) electrons. The predicted octanol–water partition coefficient (Wildman–Crippen LogP) is 4.19. The fourth-order valence-corrected chi connectivity index (χ4v) is 7.38. The van der Waals surface area contributed by atoms with Crippen LogP contribution in [0.25, 0.3) is 0 Å². The zero-order chi connectivity index (χ0) is 24.4. The number of aromatic nitrogens is 2. The number of nitrogens with one attached hydrogen (secondary N) is 1. The average molecular weight is 518 g/mol. The number of nitrogens with zero attached hydrogens (tertiary/aromatic N) is 4. The summed E-state index contributed by atoms with van der Waals surface area (Å²) in [5.41, 5.74) is 1.30. The van der Waals surface area contributed by atoms with E-state index in [9.17, 15) is 4.79 Å². The van der Waals surface area contributed by atoms with Crippen molar-refractivity contribution in [3.05, 3.63) is 26.7 Å². The number of thiazole rings is 2. The second kappa shape index (κ2) is 11.2. The van der Waals surface area contributed by atoms with E-state index in [1.54, 1.807) is 11.3 Å². The number of hydrogen-bond donors (Lipinski definition) is 1. The van der Waals surface area contributed by atoms with Gasteiger partial charge in [-0.2, -0.15) is 0 Å². The van der Waals surface area contributed by atoms with E-state index in [-0.39, 0.29) is 5.91 Å². The number of hydrogen-bond acceptors (Lipinski definition) is 8. The van der Waals surface area contributed by atoms with Gasteiger partial charge in [-0.25, -0.2) is 9.97 Å². The number of ether oxygens (including phenoxy) is 1. The highest BCUT2D eigenvalue weighted by atomic mass is 32.1. The third kappa shape index (κ3) is 6.61. The van der Waals surface area contributed by atoms with Gasteiger partial charge in [0.15, 0.2) is 5.13 Å². The molecule has 1 N–H and O–H groups in total. The molecule has 0 atom stereocenters. The summed E-state index contributed by atoms with van der Waals surface area (Å²) in [6, 6.07) is 0.339. The van der Waals surface area contributed by atoms with Crippen molar-refractivity contribution >= 4 is 33.7 Å². The first-order valence-electron chi connectivity index (χ1n) is 13.2. The first kappa shape index (κ1) is 25.1. The van der Waals surface area contributed by atoms with Crippen LogP contribution < -0.4 is 10.2 Å². The van der Waals surface area contributed by atoms with Gasteiger partial charge in [0, 0.05) is 48.2 Å². The Kier molecular flexibility index (Phi) is 8.06. The fourth-order valence-electron chi connectivity index (χ4n) is 5.52. The number of aryl methyl sites for hydroxylation is 1. The van der Waals surface area contributed by atoms with E-state index in [1.165, 1.54) is 35.0 Å². The molecular weight excluding hydrogens is 478 g/mol. The Morgan fingerprint density at radius 2 is 2.03 bits per heavy atom. The summed E-state index contributed by atoms with van der Waals surface area (Å²) in [4.78, 5) is 29.1. The van der Waals surface area contributed by atoms with Gasteiger partial charge in [-0.3, -0.25) is 9.69 Å². The van der Waals surface area contributed by atoms with E-state index in [0.29, 0.717) is 24.7 Å². The van der Waals surface area contributed by atoms with Crippen LogP contribution in [-0.4, -0.2) is 65.2 Å². The molecule has 0 unspecified atom stereocenters. The van der Waals surface area contributed by atoms with Gasteiger partial charge in [-0.05, 0) is 71.8 Å². The van der Waals surface area contributed by atoms with Crippen molar-refractivity contribution in [3.63, 3.8) is 0 Å². The largest absolute Gasteiger partial charge is 0.372 e. The maximum absolute atomic E-state index is 12.4. The number of amides is 1. The summed E-state index contributed by atoms with van der Waals surface area (Å²) in [7, 11) is 0. The maximum atomic E-state index is 12.4. The summed E-state index contributed by atoms with van der Waals surface area (Å²) in [5, 5.41) is 5.47. The third-order valence-electron chi connectivity index (χ3n) is 7.45. The molecule has 0 spiro atoms. The van der Waals surface area contributed by atoms with Crippen LogP contribution in [0.15, 0.2) is 6.20 Å².